The van der Waals surface area contributed by atoms with Crippen LogP contribution < -0.4 is 10.7 Å². The second-order valence-corrected chi connectivity index (χ2v) is 8.06. The number of pyridine rings is 1. The van der Waals surface area contributed by atoms with Crippen LogP contribution >= 0.6 is 0 Å². The molecular weight excluding hydrogens is 382 g/mol. The van der Waals surface area contributed by atoms with Crippen molar-refractivity contribution in [1.82, 2.24) is 20.4 Å². The second kappa shape index (κ2) is 7.60. The molecule has 0 radical (unpaired) electrons. The fourth-order valence-corrected chi connectivity index (χ4v) is 4.30. The second-order valence-electron chi connectivity index (χ2n) is 8.06. The molecule has 2 aromatic rings. The molecule has 2 aromatic heterocycles. The van der Waals surface area contributed by atoms with Gasteiger partial charge in [0, 0.05) is 35.6 Å². The lowest BCUT2D eigenvalue weighted by Crippen LogP contribution is -2.45. The Morgan fingerprint density at radius 2 is 1.83 bits per heavy atom. The molecule has 2 amide bonds. The van der Waals surface area contributed by atoms with Crippen LogP contribution in [0.15, 0.2) is 0 Å². The summed E-state index contributed by atoms with van der Waals surface area (Å²) in [5, 5.41) is 15.0. The van der Waals surface area contributed by atoms with E-state index in [-0.39, 0.29) is 17.6 Å². The van der Waals surface area contributed by atoms with Gasteiger partial charge in [0.25, 0.3) is 11.8 Å². The number of fused-ring (bicyclic) bond motifs is 1. The number of rotatable bonds is 3. The number of aromatic hydroxyl groups is 1. The molecule has 2 aliphatic heterocycles. The van der Waals surface area contributed by atoms with Gasteiger partial charge in [-0.1, -0.05) is 6.42 Å². The van der Waals surface area contributed by atoms with E-state index in [1.807, 2.05) is 18.9 Å². The van der Waals surface area contributed by atoms with E-state index in [0.29, 0.717) is 39.5 Å². The van der Waals surface area contributed by atoms with Crippen LogP contribution in [0.5, 0.6) is 5.75 Å². The Bertz CT molecular complexity index is 1080. The smallest absolute Gasteiger partial charge is 0.267 e. The van der Waals surface area contributed by atoms with Gasteiger partial charge in [0.2, 0.25) is 0 Å². The quantitative estimate of drug-likeness (QED) is 0.583. The van der Waals surface area contributed by atoms with Gasteiger partial charge >= 0.3 is 0 Å². The predicted molar refractivity (Wildman–Crippen MR) is 115 cm³/mol. The van der Waals surface area contributed by atoms with Gasteiger partial charge in [0.15, 0.2) is 0 Å². The SMILES string of the molecule is Cc1nc2c(c(C)c1O)/C(=C/c1[nH]c(C)c(C(=O)NN3CCCCC3)c1C)C(=O)N2. The third-order valence-corrected chi connectivity index (χ3v) is 5.94. The molecule has 1 fully saturated rings. The monoisotopic (exact) mass is 409 g/mol. The van der Waals surface area contributed by atoms with E-state index in [0.717, 1.165) is 37.2 Å². The molecule has 158 valence electrons. The van der Waals surface area contributed by atoms with Gasteiger partial charge in [0.05, 0.1) is 16.8 Å². The van der Waals surface area contributed by atoms with Crippen molar-refractivity contribution in [3.63, 3.8) is 0 Å². The summed E-state index contributed by atoms with van der Waals surface area (Å²) < 4.78 is 0. The van der Waals surface area contributed by atoms with Crippen LogP contribution in [-0.4, -0.2) is 45.0 Å². The molecule has 4 heterocycles. The van der Waals surface area contributed by atoms with Crippen molar-refractivity contribution < 1.29 is 14.7 Å². The van der Waals surface area contributed by atoms with Crippen LogP contribution in [-0.2, 0) is 4.79 Å². The molecule has 8 nitrogen and oxygen atoms in total. The largest absolute Gasteiger partial charge is 0.506 e. The minimum absolute atomic E-state index is 0.0807. The Hall–Kier alpha value is -3.13. The molecule has 0 atom stereocenters. The first kappa shape index (κ1) is 20.2. The van der Waals surface area contributed by atoms with Crippen molar-refractivity contribution in [3.05, 3.63) is 39.3 Å². The van der Waals surface area contributed by atoms with Crippen molar-refractivity contribution in [2.75, 3.05) is 18.4 Å². The number of aromatic amines is 1. The zero-order valence-electron chi connectivity index (χ0n) is 17.8. The zero-order valence-corrected chi connectivity index (χ0v) is 17.8. The number of carbonyl (C=O) groups is 2. The number of aromatic nitrogens is 2. The number of nitrogens with zero attached hydrogens (tertiary/aromatic N) is 2. The van der Waals surface area contributed by atoms with Crippen molar-refractivity contribution in [2.24, 2.45) is 0 Å². The average Bonchev–Trinajstić information content (AvgIpc) is 3.16. The van der Waals surface area contributed by atoms with Gasteiger partial charge in [-0.25, -0.2) is 9.99 Å². The Morgan fingerprint density at radius 3 is 2.53 bits per heavy atom. The van der Waals surface area contributed by atoms with Gasteiger partial charge in [0.1, 0.15) is 11.6 Å². The molecule has 0 saturated carbocycles. The summed E-state index contributed by atoms with van der Waals surface area (Å²) in [6.45, 7) is 8.90. The predicted octanol–water partition coefficient (Wildman–Crippen LogP) is 2.97. The van der Waals surface area contributed by atoms with Gasteiger partial charge in [-0.3, -0.25) is 15.0 Å². The number of piperidine rings is 1. The summed E-state index contributed by atoms with van der Waals surface area (Å²) in [5.74, 6) is 0.104. The Labute approximate surface area is 175 Å². The first-order valence-corrected chi connectivity index (χ1v) is 10.3. The molecule has 8 heteroatoms. The Kier molecular flexibility index (Phi) is 5.11. The molecule has 0 spiro atoms. The highest BCUT2D eigenvalue weighted by atomic mass is 16.3. The third kappa shape index (κ3) is 3.37. The summed E-state index contributed by atoms with van der Waals surface area (Å²) in [7, 11) is 0. The lowest BCUT2D eigenvalue weighted by Gasteiger charge is -2.26. The van der Waals surface area contributed by atoms with Gasteiger partial charge in [-0.05, 0) is 52.2 Å². The number of anilines is 1. The highest BCUT2D eigenvalue weighted by molar-refractivity contribution is 6.35. The first-order valence-electron chi connectivity index (χ1n) is 10.3. The van der Waals surface area contributed by atoms with Crippen molar-refractivity contribution >= 4 is 29.3 Å². The van der Waals surface area contributed by atoms with Crippen LogP contribution in [0.1, 0.15) is 63.4 Å². The molecule has 2 aliphatic rings. The standard InChI is InChI=1S/C22H27N5O3/c1-11-16(23-13(3)17(11)22(30)26-27-8-6-5-7-9-27)10-15-18-12(2)19(28)14(4)24-20(18)25-21(15)29/h10,23,28H,5-9H2,1-4H3,(H,26,30)(H,24,25,29)/b15-10-. The van der Waals surface area contributed by atoms with Gasteiger partial charge in [-0.15, -0.1) is 0 Å². The van der Waals surface area contributed by atoms with Crippen LogP contribution in [0.25, 0.3) is 11.6 Å². The fraction of sp³-hybridized carbons (Fsp3) is 0.409. The molecule has 4 rings (SSSR count). The topological polar surface area (TPSA) is 110 Å². The number of hydrogen-bond donors (Lipinski definition) is 4. The molecule has 0 unspecified atom stereocenters. The average molecular weight is 409 g/mol. The van der Waals surface area contributed by atoms with E-state index >= 15 is 0 Å². The number of nitrogens with one attached hydrogen (secondary N) is 3. The molecule has 0 aromatic carbocycles. The minimum Gasteiger partial charge on any atom is -0.506 e. The molecule has 0 aliphatic carbocycles. The molecule has 4 N–H and O–H groups in total. The highest BCUT2D eigenvalue weighted by Gasteiger charge is 2.30. The van der Waals surface area contributed by atoms with E-state index < -0.39 is 0 Å². The van der Waals surface area contributed by atoms with Crippen molar-refractivity contribution in [2.45, 2.75) is 47.0 Å². The summed E-state index contributed by atoms with van der Waals surface area (Å²) in [4.78, 5) is 33.0. The van der Waals surface area contributed by atoms with E-state index in [2.05, 4.69) is 20.7 Å². The van der Waals surface area contributed by atoms with E-state index in [1.54, 1.807) is 19.9 Å². The Morgan fingerprint density at radius 1 is 1.13 bits per heavy atom. The lowest BCUT2D eigenvalue weighted by molar-refractivity contribution is -0.110. The number of amides is 2. The molecule has 1 saturated heterocycles. The van der Waals surface area contributed by atoms with Crippen molar-refractivity contribution in [3.8, 4) is 5.75 Å². The highest BCUT2D eigenvalue weighted by Crippen LogP contribution is 2.39. The van der Waals surface area contributed by atoms with Crippen molar-refractivity contribution in [1.29, 1.82) is 0 Å². The van der Waals surface area contributed by atoms with E-state index in [1.165, 1.54) is 6.42 Å². The first-order chi connectivity index (χ1) is 14.3. The minimum atomic E-state index is -0.281. The summed E-state index contributed by atoms with van der Waals surface area (Å²) >= 11 is 0. The number of hydrogen-bond acceptors (Lipinski definition) is 5. The zero-order chi connectivity index (χ0) is 21.6. The van der Waals surface area contributed by atoms with Gasteiger partial charge in [-0.2, -0.15) is 0 Å². The molecule has 0 bridgehead atoms. The number of aryl methyl sites for hydroxylation is 2. The van der Waals surface area contributed by atoms with Crippen LogP contribution in [0.3, 0.4) is 0 Å². The van der Waals surface area contributed by atoms with Crippen LogP contribution in [0.2, 0.25) is 0 Å². The number of H-pyrrole nitrogens is 1. The fourth-order valence-electron chi connectivity index (χ4n) is 4.30. The lowest BCUT2D eigenvalue weighted by atomic mass is 10.00. The summed E-state index contributed by atoms with van der Waals surface area (Å²) in [5.41, 5.74) is 7.88. The van der Waals surface area contributed by atoms with Crippen LogP contribution in [0, 0.1) is 27.7 Å². The maximum atomic E-state index is 12.9. The summed E-state index contributed by atoms with van der Waals surface area (Å²) in [6, 6.07) is 0. The third-order valence-electron chi connectivity index (χ3n) is 5.94. The maximum Gasteiger partial charge on any atom is 0.267 e. The summed E-state index contributed by atoms with van der Waals surface area (Å²) in [6.07, 6.45) is 5.08. The Balaban J connectivity index is 1.69. The van der Waals surface area contributed by atoms with Gasteiger partial charge < -0.3 is 15.4 Å². The van der Waals surface area contributed by atoms with E-state index in [9.17, 15) is 14.7 Å². The number of hydrazine groups is 1. The van der Waals surface area contributed by atoms with E-state index in [4.69, 9.17) is 0 Å². The maximum absolute atomic E-state index is 12.9. The van der Waals surface area contributed by atoms with Crippen LogP contribution in [0.4, 0.5) is 5.82 Å². The molecular formula is C22H27N5O3. The number of carbonyl (C=O) groups excluding carboxylic acids is 2. The molecule has 30 heavy (non-hydrogen) atoms. The normalized spacial score (nSPS) is 17.9.